The van der Waals surface area contributed by atoms with Crippen molar-refractivity contribution in [1.82, 2.24) is 4.72 Å². The van der Waals surface area contributed by atoms with Gasteiger partial charge in [0.25, 0.3) is 0 Å². The number of ether oxygens (including phenoxy) is 2. The normalized spacial score (nSPS) is 11.3. The SMILES string of the molecule is CCCCS(=O)(=O)NCc1ccc(OC)c(OC)c1. The van der Waals surface area contributed by atoms with Crippen LogP contribution < -0.4 is 14.2 Å². The van der Waals surface area contributed by atoms with Crippen LogP contribution in [-0.2, 0) is 16.6 Å². The Labute approximate surface area is 115 Å². The van der Waals surface area contributed by atoms with E-state index in [-0.39, 0.29) is 12.3 Å². The Morgan fingerprint density at radius 3 is 2.42 bits per heavy atom. The summed E-state index contributed by atoms with van der Waals surface area (Å²) in [4.78, 5) is 0. The number of methoxy groups -OCH3 is 2. The molecular weight excluding hydrogens is 266 g/mol. The third-order valence-corrected chi connectivity index (χ3v) is 4.12. The van der Waals surface area contributed by atoms with Crippen molar-refractivity contribution >= 4 is 10.0 Å². The highest BCUT2D eigenvalue weighted by Gasteiger charge is 2.10. The average molecular weight is 287 g/mol. The van der Waals surface area contributed by atoms with Crippen LogP contribution in [0.4, 0.5) is 0 Å². The largest absolute Gasteiger partial charge is 0.493 e. The molecule has 1 aromatic rings. The molecule has 0 spiro atoms. The van der Waals surface area contributed by atoms with E-state index < -0.39 is 10.0 Å². The van der Waals surface area contributed by atoms with Gasteiger partial charge in [-0.05, 0) is 24.1 Å². The summed E-state index contributed by atoms with van der Waals surface area (Å²) in [6, 6.07) is 5.33. The molecule has 0 aliphatic heterocycles. The molecule has 1 aromatic carbocycles. The second-order valence-electron chi connectivity index (χ2n) is 4.18. The fourth-order valence-corrected chi connectivity index (χ4v) is 2.79. The number of unbranched alkanes of at least 4 members (excludes halogenated alkanes) is 1. The van der Waals surface area contributed by atoms with Crippen LogP contribution in [0.2, 0.25) is 0 Å². The predicted molar refractivity (Wildman–Crippen MR) is 75.1 cm³/mol. The first-order valence-electron chi connectivity index (χ1n) is 6.20. The van der Waals surface area contributed by atoms with Crippen LogP contribution in [0.1, 0.15) is 25.3 Å². The first-order chi connectivity index (χ1) is 9.02. The molecule has 0 aliphatic carbocycles. The number of hydrogen-bond acceptors (Lipinski definition) is 4. The molecule has 0 aliphatic rings. The van der Waals surface area contributed by atoms with Gasteiger partial charge in [0, 0.05) is 6.54 Å². The summed E-state index contributed by atoms with van der Waals surface area (Å²) in [5.74, 6) is 1.38. The third-order valence-electron chi connectivity index (χ3n) is 2.71. The summed E-state index contributed by atoms with van der Waals surface area (Å²) in [5, 5.41) is 0. The zero-order valence-electron chi connectivity index (χ0n) is 11.6. The lowest BCUT2D eigenvalue weighted by molar-refractivity contribution is 0.354. The van der Waals surface area contributed by atoms with Gasteiger partial charge in [-0.15, -0.1) is 0 Å². The molecule has 0 atom stereocenters. The van der Waals surface area contributed by atoms with Gasteiger partial charge in [0.15, 0.2) is 11.5 Å². The maximum absolute atomic E-state index is 11.7. The maximum Gasteiger partial charge on any atom is 0.211 e. The van der Waals surface area contributed by atoms with Crippen molar-refractivity contribution < 1.29 is 17.9 Å². The molecule has 0 bridgehead atoms. The standard InChI is InChI=1S/C13H21NO4S/c1-4-5-8-19(15,16)14-10-11-6-7-12(17-2)13(9-11)18-3/h6-7,9,14H,4-5,8,10H2,1-3H3. The topological polar surface area (TPSA) is 64.6 Å². The first-order valence-corrected chi connectivity index (χ1v) is 7.86. The molecule has 0 saturated heterocycles. The van der Waals surface area contributed by atoms with E-state index in [2.05, 4.69) is 4.72 Å². The van der Waals surface area contributed by atoms with Gasteiger partial charge in [0.2, 0.25) is 10.0 Å². The van der Waals surface area contributed by atoms with E-state index in [0.717, 1.165) is 12.0 Å². The summed E-state index contributed by atoms with van der Waals surface area (Å²) in [6.07, 6.45) is 1.53. The lowest BCUT2D eigenvalue weighted by atomic mass is 10.2. The molecule has 0 amide bonds. The first kappa shape index (κ1) is 15.8. The third kappa shape index (κ3) is 5.08. The molecular formula is C13H21NO4S. The Bertz CT molecular complexity index is 499. The Kier molecular flexibility index (Phi) is 6.11. The van der Waals surface area contributed by atoms with Gasteiger partial charge in [-0.2, -0.15) is 0 Å². The molecule has 0 aromatic heterocycles. The summed E-state index contributed by atoms with van der Waals surface area (Å²) >= 11 is 0. The maximum atomic E-state index is 11.7. The Balaban J connectivity index is 2.68. The summed E-state index contributed by atoms with van der Waals surface area (Å²) in [6.45, 7) is 2.22. The molecule has 0 radical (unpaired) electrons. The monoisotopic (exact) mass is 287 g/mol. The van der Waals surface area contributed by atoms with E-state index in [0.29, 0.717) is 17.9 Å². The smallest absolute Gasteiger partial charge is 0.211 e. The van der Waals surface area contributed by atoms with Gasteiger partial charge in [-0.1, -0.05) is 19.4 Å². The molecule has 0 fully saturated rings. The number of nitrogens with one attached hydrogen (secondary N) is 1. The second-order valence-corrected chi connectivity index (χ2v) is 6.11. The van der Waals surface area contributed by atoms with E-state index in [4.69, 9.17) is 9.47 Å². The Hall–Kier alpha value is -1.27. The van der Waals surface area contributed by atoms with E-state index in [1.807, 2.05) is 13.0 Å². The lowest BCUT2D eigenvalue weighted by Crippen LogP contribution is -2.25. The molecule has 1 rings (SSSR count). The van der Waals surface area contributed by atoms with Gasteiger partial charge in [-0.25, -0.2) is 13.1 Å². The van der Waals surface area contributed by atoms with Gasteiger partial charge >= 0.3 is 0 Å². The second kappa shape index (κ2) is 7.35. The summed E-state index contributed by atoms with van der Waals surface area (Å²) in [7, 11) is -0.0901. The van der Waals surface area contributed by atoms with Crippen molar-refractivity contribution in [3.8, 4) is 11.5 Å². The van der Waals surface area contributed by atoms with Gasteiger partial charge in [0.1, 0.15) is 0 Å². The average Bonchev–Trinajstić information content (AvgIpc) is 2.42. The van der Waals surface area contributed by atoms with Crippen molar-refractivity contribution in [2.24, 2.45) is 0 Å². The molecule has 6 heteroatoms. The number of hydrogen-bond donors (Lipinski definition) is 1. The number of sulfonamides is 1. The predicted octanol–water partition coefficient (Wildman–Crippen LogP) is 1.92. The van der Waals surface area contributed by atoms with Crippen molar-refractivity contribution in [2.45, 2.75) is 26.3 Å². The molecule has 108 valence electrons. The van der Waals surface area contributed by atoms with Crippen molar-refractivity contribution in [3.63, 3.8) is 0 Å². The summed E-state index contributed by atoms with van der Waals surface area (Å²) in [5.41, 5.74) is 0.831. The molecule has 0 saturated carbocycles. The van der Waals surface area contributed by atoms with Crippen LogP contribution in [0.3, 0.4) is 0 Å². The molecule has 19 heavy (non-hydrogen) atoms. The Morgan fingerprint density at radius 1 is 1.16 bits per heavy atom. The quantitative estimate of drug-likeness (QED) is 0.793. The van der Waals surface area contributed by atoms with Crippen LogP contribution in [-0.4, -0.2) is 28.4 Å². The van der Waals surface area contributed by atoms with Crippen molar-refractivity contribution in [1.29, 1.82) is 0 Å². The highest BCUT2D eigenvalue weighted by Crippen LogP contribution is 2.27. The zero-order valence-corrected chi connectivity index (χ0v) is 12.4. The fourth-order valence-electron chi connectivity index (χ4n) is 1.59. The zero-order chi connectivity index (χ0) is 14.3. The van der Waals surface area contributed by atoms with Crippen molar-refractivity contribution in [2.75, 3.05) is 20.0 Å². The van der Waals surface area contributed by atoms with E-state index in [9.17, 15) is 8.42 Å². The minimum absolute atomic E-state index is 0.163. The number of rotatable bonds is 8. The van der Waals surface area contributed by atoms with E-state index >= 15 is 0 Å². The van der Waals surface area contributed by atoms with Crippen LogP contribution >= 0.6 is 0 Å². The molecule has 0 heterocycles. The Morgan fingerprint density at radius 2 is 1.84 bits per heavy atom. The van der Waals surface area contributed by atoms with Crippen LogP contribution in [0.5, 0.6) is 11.5 Å². The van der Waals surface area contributed by atoms with Gasteiger partial charge < -0.3 is 9.47 Å². The highest BCUT2D eigenvalue weighted by atomic mass is 32.2. The van der Waals surface area contributed by atoms with Crippen molar-refractivity contribution in [3.05, 3.63) is 23.8 Å². The van der Waals surface area contributed by atoms with Crippen LogP contribution in [0, 0.1) is 0 Å². The molecule has 1 N–H and O–H groups in total. The number of benzene rings is 1. The minimum atomic E-state index is -3.20. The van der Waals surface area contributed by atoms with E-state index in [1.54, 1.807) is 26.4 Å². The van der Waals surface area contributed by atoms with E-state index in [1.165, 1.54) is 0 Å². The minimum Gasteiger partial charge on any atom is -0.493 e. The molecule has 5 nitrogen and oxygen atoms in total. The fraction of sp³-hybridized carbons (Fsp3) is 0.538. The van der Waals surface area contributed by atoms with Crippen LogP contribution in [0.15, 0.2) is 18.2 Å². The highest BCUT2D eigenvalue weighted by molar-refractivity contribution is 7.89. The van der Waals surface area contributed by atoms with Gasteiger partial charge in [0.05, 0.1) is 20.0 Å². The van der Waals surface area contributed by atoms with Gasteiger partial charge in [-0.3, -0.25) is 0 Å². The van der Waals surface area contributed by atoms with Crippen LogP contribution in [0.25, 0.3) is 0 Å². The lowest BCUT2D eigenvalue weighted by Gasteiger charge is -2.10. The molecule has 0 unspecified atom stereocenters. The summed E-state index contributed by atoms with van der Waals surface area (Å²) < 4.78 is 36.2.